The number of halogens is 3. The van der Waals surface area contributed by atoms with Crippen molar-refractivity contribution >= 4 is 0 Å². The Labute approximate surface area is 88.9 Å². The number of hydrogen-bond donors (Lipinski definition) is 2. The maximum Gasteiger partial charge on any atom is 0.390 e. The SMILES string of the molecule is CC(CC(F)(F)F)NCC(O)C(C)(C)C. The van der Waals surface area contributed by atoms with Gasteiger partial charge in [0.25, 0.3) is 0 Å². The van der Waals surface area contributed by atoms with Crippen molar-refractivity contribution in [3.63, 3.8) is 0 Å². The highest BCUT2D eigenvalue weighted by Gasteiger charge is 2.30. The Hall–Kier alpha value is -0.290. The zero-order chi connectivity index (χ0) is 12.3. The van der Waals surface area contributed by atoms with E-state index < -0.39 is 24.7 Å². The van der Waals surface area contributed by atoms with Gasteiger partial charge in [-0.15, -0.1) is 0 Å². The summed E-state index contributed by atoms with van der Waals surface area (Å²) in [7, 11) is 0. The molecule has 0 saturated heterocycles. The van der Waals surface area contributed by atoms with Gasteiger partial charge < -0.3 is 10.4 Å². The Morgan fingerprint density at radius 1 is 1.20 bits per heavy atom. The summed E-state index contributed by atoms with van der Waals surface area (Å²) >= 11 is 0. The summed E-state index contributed by atoms with van der Waals surface area (Å²) in [4.78, 5) is 0. The Morgan fingerprint density at radius 3 is 2.00 bits per heavy atom. The molecule has 2 unspecified atom stereocenters. The fourth-order valence-corrected chi connectivity index (χ4v) is 1.04. The lowest BCUT2D eigenvalue weighted by atomic mass is 9.89. The molecule has 0 radical (unpaired) electrons. The van der Waals surface area contributed by atoms with Gasteiger partial charge >= 0.3 is 6.18 Å². The number of aliphatic hydroxyl groups excluding tert-OH is 1. The van der Waals surface area contributed by atoms with Gasteiger partial charge in [-0.2, -0.15) is 13.2 Å². The van der Waals surface area contributed by atoms with Crippen LogP contribution in [-0.2, 0) is 0 Å². The second kappa shape index (κ2) is 5.16. The van der Waals surface area contributed by atoms with Crippen LogP contribution in [0.25, 0.3) is 0 Å². The molecule has 0 aromatic carbocycles. The molecule has 5 heteroatoms. The average molecular weight is 227 g/mol. The number of nitrogens with one attached hydrogen (secondary N) is 1. The Bertz CT molecular complexity index is 186. The standard InChI is InChI=1S/C10H20F3NO/c1-7(5-10(11,12)13)14-6-8(15)9(2,3)4/h7-8,14-15H,5-6H2,1-4H3. The predicted octanol–water partition coefficient (Wildman–Crippen LogP) is 2.32. The molecule has 0 heterocycles. The molecule has 0 saturated carbocycles. The normalized spacial score (nSPS) is 17.6. The molecule has 0 spiro atoms. The lowest BCUT2D eigenvalue weighted by Gasteiger charge is -2.27. The molecule has 0 bridgehead atoms. The summed E-state index contributed by atoms with van der Waals surface area (Å²) in [6.45, 7) is 7.17. The minimum absolute atomic E-state index is 0.181. The Balaban J connectivity index is 3.87. The van der Waals surface area contributed by atoms with Crippen LogP contribution in [0.3, 0.4) is 0 Å². The van der Waals surface area contributed by atoms with Crippen molar-refractivity contribution in [2.24, 2.45) is 5.41 Å². The van der Waals surface area contributed by atoms with Crippen molar-refractivity contribution in [1.82, 2.24) is 5.32 Å². The van der Waals surface area contributed by atoms with Gasteiger partial charge in [0.05, 0.1) is 12.5 Å². The zero-order valence-electron chi connectivity index (χ0n) is 9.65. The first-order valence-electron chi connectivity index (χ1n) is 5.00. The molecule has 2 N–H and O–H groups in total. The molecule has 0 aromatic heterocycles. The van der Waals surface area contributed by atoms with Gasteiger partial charge in [0.15, 0.2) is 0 Å². The van der Waals surface area contributed by atoms with E-state index in [-0.39, 0.29) is 12.0 Å². The van der Waals surface area contributed by atoms with Gasteiger partial charge in [-0.05, 0) is 12.3 Å². The third-order valence-corrected chi connectivity index (χ3v) is 2.20. The molecular weight excluding hydrogens is 207 g/mol. The highest BCUT2D eigenvalue weighted by atomic mass is 19.4. The van der Waals surface area contributed by atoms with E-state index in [9.17, 15) is 18.3 Å². The summed E-state index contributed by atoms with van der Waals surface area (Å²) in [6.07, 6.45) is -5.67. The Morgan fingerprint density at radius 2 is 1.67 bits per heavy atom. The topological polar surface area (TPSA) is 32.3 Å². The summed E-state index contributed by atoms with van der Waals surface area (Å²) in [6, 6.07) is -0.665. The third kappa shape index (κ3) is 7.62. The predicted molar refractivity (Wildman–Crippen MR) is 53.6 cm³/mol. The smallest absolute Gasteiger partial charge is 0.390 e. The highest BCUT2D eigenvalue weighted by Crippen LogP contribution is 2.22. The molecular formula is C10H20F3NO. The molecule has 15 heavy (non-hydrogen) atoms. The van der Waals surface area contributed by atoms with E-state index in [0.29, 0.717) is 0 Å². The largest absolute Gasteiger partial charge is 0.391 e. The van der Waals surface area contributed by atoms with E-state index in [2.05, 4.69) is 5.32 Å². The van der Waals surface area contributed by atoms with Crippen molar-refractivity contribution in [2.45, 2.75) is 52.4 Å². The molecule has 2 atom stereocenters. The molecule has 0 rings (SSSR count). The van der Waals surface area contributed by atoms with Crippen LogP contribution in [0.15, 0.2) is 0 Å². The third-order valence-electron chi connectivity index (χ3n) is 2.20. The van der Waals surface area contributed by atoms with Crippen LogP contribution < -0.4 is 5.32 Å². The molecule has 0 aliphatic heterocycles. The van der Waals surface area contributed by atoms with Gasteiger partial charge in [0, 0.05) is 12.6 Å². The average Bonchev–Trinajstić information content (AvgIpc) is 1.94. The fourth-order valence-electron chi connectivity index (χ4n) is 1.04. The molecule has 0 aromatic rings. The summed E-state index contributed by atoms with van der Waals surface area (Å²) in [5.41, 5.74) is -0.315. The highest BCUT2D eigenvalue weighted by molar-refractivity contribution is 4.76. The van der Waals surface area contributed by atoms with Gasteiger partial charge in [0.1, 0.15) is 0 Å². The van der Waals surface area contributed by atoms with Crippen LogP contribution in [0.5, 0.6) is 0 Å². The van der Waals surface area contributed by atoms with Crippen molar-refractivity contribution < 1.29 is 18.3 Å². The first-order valence-corrected chi connectivity index (χ1v) is 5.00. The molecule has 2 nitrogen and oxygen atoms in total. The van der Waals surface area contributed by atoms with E-state index in [0.717, 1.165) is 0 Å². The van der Waals surface area contributed by atoms with Crippen LogP contribution in [0, 0.1) is 5.41 Å². The monoisotopic (exact) mass is 227 g/mol. The van der Waals surface area contributed by atoms with Gasteiger partial charge in [-0.25, -0.2) is 0 Å². The number of rotatable bonds is 4. The molecule has 0 aliphatic rings. The first kappa shape index (κ1) is 14.7. The van der Waals surface area contributed by atoms with E-state index in [1.165, 1.54) is 6.92 Å². The van der Waals surface area contributed by atoms with Crippen LogP contribution in [0.1, 0.15) is 34.1 Å². The van der Waals surface area contributed by atoms with Crippen LogP contribution in [0.2, 0.25) is 0 Å². The number of alkyl halides is 3. The number of hydrogen-bond acceptors (Lipinski definition) is 2. The molecule has 0 amide bonds. The van der Waals surface area contributed by atoms with E-state index in [4.69, 9.17) is 0 Å². The van der Waals surface area contributed by atoms with Crippen LogP contribution in [0.4, 0.5) is 13.2 Å². The van der Waals surface area contributed by atoms with Crippen molar-refractivity contribution in [3.05, 3.63) is 0 Å². The Kier molecular flexibility index (Phi) is 5.06. The van der Waals surface area contributed by atoms with Gasteiger partial charge in [-0.1, -0.05) is 20.8 Å². The summed E-state index contributed by atoms with van der Waals surface area (Å²) in [5.74, 6) is 0. The van der Waals surface area contributed by atoms with Crippen LogP contribution in [-0.4, -0.2) is 30.0 Å². The van der Waals surface area contributed by atoms with Gasteiger partial charge in [-0.3, -0.25) is 0 Å². The van der Waals surface area contributed by atoms with E-state index in [1.807, 2.05) is 20.8 Å². The first-order chi connectivity index (χ1) is 6.52. The summed E-state index contributed by atoms with van der Waals surface area (Å²) < 4.78 is 35.9. The zero-order valence-corrected chi connectivity index (χ0v) is 9.65. The summed E-state index contributed by atoms with van der Waals surface area (Å²) in [5, 5.41) is 12.3. The van der Waals surface area contributed by atoms with Crippen molar-refractivity contribution in [2.75, 3.05) is 6.54 Å². The van der Waals surface area contributed by atoms with Crippen molar-refractivity contribution in [1.29, 1.82) is 0 Å². The lowest BCUT2D eigenvalue weighted by Crippen LogP contribution is -2.41. The molecule has 92 valence electrons. The maximum atomic E-state index is 12.0. The quantitative estimate of drug-likeness (QED) is 0.772. The second-order valence-corrected chi connectivity index (χ2v) is 5.01. The number of aliphatic hydroxyl groups is 1. The van der Waals surface area contributed by atoms with Gasteiger partial charge in [0.2, 0.25) is 0 Å². The van der Waals surface area contributed by atoms with Crippen molar-refractivity contribution in [3.8, 4) is 0 Å². The second-order valence-electron chi connectivity index (χ2n) is 5.01. The minimum Gasteiger partial charge on any atom is -0.391 e. The minimum atomic E-state index is -4.15. The fraction of sp³-hybridized carbons (Fsp3) is 1.00. The lowest BCUT2D eigenvalue weighted by molar-refractivity contribution is -0.139. The van der Waals surface area contributed by atoms with Crippen LogP contribution >= 0.6 is 0 Å². The molecule has 0 fully saturated rings. The molecule has 0 aliphatic carbocycles. The van der Waals surface area contributed by atoms with E-state index >= 15 is 0 Å². The van der Waals surface area contributed by atoms with E-state index in [1.54, 1.807) is 0 Å². The maximum absolute atomic E-state index is 12.0.